The summed E-state index contributed by atoms with van der Waals surface area (Å²) in [5.41, 5.74) is -0.220. The number of likely N-dealkylation sites (N-methyl/N-ethyl adjacent to an activating group) is 1. The lowest BCUT2D eigenvalue weighted by atomic mass is 10.1. The zero-order valence-electron chi connectivity index (χ0n) is 13.3. The second-order valence-corrected chi connectivity index (χ2v) is 5.52. The molecule has 7 nitrogen and oxygen atoms in total. The van der Waals surface area contributed by atoms with Crippen LogP contribution in [0.1, 0.15) is 24.3 Å². The standard InChI is InChI=1S/C16H19N3O4/c1-10(2)8-19-15(21)12-7-5-4-6-11(12)14(18-19)16(22)23-9-13(20)17-3/h4-7,10H,8-9H2,1-3H3,(H,17,20). The summed E-state index contributed by atoms with van der Waals surface area (Å²) in [6.45, 7) is 3.90. The van der Waals surface area contributed by atoms with E-state index in [0.29, 0.717) is 17.3 Å². The van der Waals surface area contributed by atoms with E-state index >= 15 is 0 Å². The van der Waals surface area contributed by atoms with Crippen LogP contribution >= 0.6 is 0 Å². The average Bonchev–Trinajstić information content (AvgIpc) is 2.54. The molecule has 1 heterocycles. The van der Waals surface area contributed by atoms with Crippen molar-refractivity contribution < 1.29 is 14.3 Å². The topological polar surface area (TPSA) is 90.3 Å². The number of rotatable bonds is 5. The van der Waals surface area contributed by atoms with Gasteiger partial charge in [0, 0.05) is 19.0 Å². The van der Waals surface area contributed by atoms with Crippen molar-refractivity contribution in [2.24, 2.45) is 5.92 Å². The maximum Gasteiger partial charge on any atom is 0.359 e. The monoisotopic (exact) mass is 317 g/mol. The fourth-order valence-corrected chi connectivity index (χ4v) is 2.13. The van der Waals surface area contributed by atoms with Crippen LogP contribution in [-0.4, -0.2) is 35.3 Å². The number of fused-ring (bicyclic) bond motifs is 1. The van der Waals surface area contributed by atoms with Crippen LogP contribution in [0.15, 0.2) is 29.1 Å². The van der Waals surface area contributed by atoms with Gasteiger partial charge in [-0.15, -0.1) is 0 Å². The van der Waals surface area contributed by atoms with Crippen LogP contribution in [0.4, 0.5) is 0 Å². The SMILES string of the molecule is CNC(=O)COC(=O)c1nn(CC(C)C)c(=O)c2ccccc12. The fraction of sp³-hybridized carbons (Fsp3) is 0.375. The molecule has 0 atom stereocenters. The normalized spacial score (nSPS) is 10.8. The maximum absolute atomic E-state index is 12.4. The number of benzene rings is 1. The van der Waals surface area contributed by atoms with Gasteiger partial charge in [0.05, 0.1) is 5.39 Å². The lowest BCUT2D eigenvalue weighted by Gasteiger charge is -2.12. The molecule has 0 aliphatic heterocycles. The highest BCUT2D eigenvalue weighted by Crippen LogP contribution is 2.14. The summed E-state index contributed by atoms with van der Waals surface area (Å²) in [6.07, 6.45) is 0. The summed E-state index contributed by atoms with van der Waals surface area (Å²) >= 11 is 0. The Balaban J connectivity index is 2.49. The summed E-state index contributed by atoms with van der Waals surface area (Å²) in [5, 5.41) is 7.32. The minimum Gasteiger partial charge on any atom is -0.451 e. The minimum absolute atomic E-state index is 0.0322. The van der Waals surface area contributed by atoms with Crippen LogP contribution in [0.2, 0.25) is 0 Å². The van der Waals surface area contributed by atoms with Crippen LogP contribution in [-0.2, 0) is 16.1 Å². The molecule has 2 aromatic rings. The number of nitrogens with zero attached hydrogens (tertiary/aromatic N) is 2. The van der Waals surface area contributed by atoms with Gasteiger partial charge in [-0.1, -0.05) is 32.0 Å². The number of hydrogen-bond acceptors (Lipinski definition) is 5. The van der Waals surface area contributed by atoms with Crippen molar-refractivity contribution >= 4 is 22.6 Å². The lowest BCUT2D eigenvalue weighted by molar-refractivity contribution is -0.123. The number of nitrogens with one attached hydrogen (secondary N) is 1. The van der Waals surface area contributed by atoms with E-state index in [0.717, 1.165) is 0 Å². The first-order chi connectivity index (χ1) is 10.9. The van der Waals surface area contributed by atoms with Gasteiger partial charge in [0.1, 0.15) is 0 Å². The Morgan fingerprint density at radius 1 is 1.26 bits per heavy atom. The highest BCUT2D eigenvalue weighted by Gasteiger charge is 2.19. The molecule has 1 aromatic heterocycles. The van der Waals surface area contributed by atoms with Gasteiger partial charge in [-0.2, -0.15) is 5.10 Å². The van der Waals surface area contributed by atoms with Crippen molar-refractivity contribution in [3.05, 3.63) is 40.3 Å². The maximum atomic E-state index is 12.4. The van der Waals surface area contributed by atoms with E-state index < -0.39 is 18.5 Å². The number of aromatic nitrogens is 2. The second-order valence-electron chi connectivity index (χ2n) is 5.52. The number of amides is 1. The van der Waals surface area contributed by atoms with Crippen molar-refractivity contribution in [3.8, 4) is 0 Å². The summed E-state index contributed by atoms with van der Waals surface area (Å²) in [5.74, 6) is -0.962. The number of esters is 1. The van der Waals surface area contributed by atoms with Gasteiger partial charge in [-0.3, -0.25) is 9.59 Å². The third-order valence-corrected chi connectivity index (χ3v) is 3.21. The summed E-state index contributed by atoms with van der Waals surface area (Å²) < 4.78 is 6.23. The molecule has 1 amide bonds. The molecule has 23 heavy (non-hydrogen) atoms. The van der Waals surface area contributed by atoms with Crippen LogP contribution in [0.3, 0.4) is 0 Å². The third-order valence-electron chi connectivity index (χ3n) is 3.21. The second kappa shape index (κ2) is 7.04. The highest BCUT2D eigenvalue weighted by molar-refractivity contribution is 6.02. The zero-order chi connectivity index (χ0) is 17.0. The molecular formula is C16H19N3O4. The van der Waals surface area contributed by atoms with Gasteiger partial charge in [-0.25, -0.2) is 9.48 Å². The average molecular weight is 317 g/mol. The molecule has 0 unspecified atom stereocenters. The van der Waals surface area contributed by atoms with E-state index in [2.05, 4.69) is 10.4 Å². The van der Waals surface area contributed by atoms with E-state index in [1.54, 1.807) is 24.3 Å². The van der Waals surface area contributed by atoms with Crippen molar-refractivity contribution in [2.75, 3.05) is 13.7 Å². The molecule has 7 heteroatoms. The van der Waals surface area contributed by atoms with Crippen LogP contribution < -0.4 is 10.9 Å². The van der Waals surface area contributed by atoms with Crippen LogP contribution in [0.5, 0.6) is 0 Å². The highest BCUT2D eigenvalue weighted by atomic mass is 16.5. The molecular weight excluding hydrogens is 298 g/mol. The van der Waals surface area contributed by atoms with Crippen molar-refractivity contribution in [3.63, 3.8) is 0 Å². The van der Waals surface area contributed by atoms with Crippen molar-refractivity contribution in [1.29, 1.82) is 0 Å². The molecule has 0 aliphatic carbocycles. The fourth-order valence-electron chi connectivity index (χ4n) is 2.13. The van der Waals surface area contributed by atoms with Gasteiger partial charge in [0.15, 0.2) is 12.3 Å². The Morgan fingerprint density at radius 2 is 1.91 bits per heavy atom. The largest absolute Gasteiger partial charge is 0.451 e. The molecule has 0 radical (unpaired) electrons. The predicted octanol–water partition coefficient (Wildman–Crippen LogP) is 0.955. The molecule has 1 aromatic carbocycles. The quantitative estimate of drug-likeness (QED) is 0.829. The first-order valence-corrected chi connectivity index (χ1v) is 7.31. The molecule has 0 spiro atoms. The zero-order valence-corrected chi connectivity index (χ0v) is 13.3. The van der Waals surface area contributed by atoms with Gasteiger partial charge < -0.3 is 10.1 Å². The third kappa shape index (κ3) is 3.74. The minimum atomic E-state index is -0.734. The van der Waals surface area contributed by atoms with Crippen LogP contribution in [0, 0.1) is 5.92 Å². The number of carbonyl (C=O) groups is 2. The molecule has 122 valence electrons. The molecule has 0 saturated carbocycles. The molecule has 2 rings (SSSR count). The molecule has 0 aliphatic rings. The predicted molar refractivity (Wildman–Crippen MR) is 85.2 cm³/mol. The van der Waals surface area contributed by atoms with E-state index in [1.807, 2.05) is 13.8 Å². The van der Waals surface area contributed by atoms with E-state index in [-0.39, 0.29) is 17.2 Å². The Kier molecular flexibility index (Phi) is 5.10. The number of hydrogen-bond donors (Lipinski definition) is 1. The molecule has 0 fully saturated rings. The molecule has 0 saturated heterocycles. The van der Waals surface area contributed by atoms with Gasteiger partial charge in [0.2, 0.25) is 0 Å². The van der Waals surface area contributed by atoms with Crippen LogP contribution in [0.25, 0.3) is 10.8 Å². The van der Waals surface area contributed by atoms with Gasteiger partial charge >= 0.3 is 5.97 Å². The van der Waals surface area contributed by atoms with E-state index in [9.17, 15) is 14.4 Å². The Hall–Kier alpha value is -2.70. The summed E-state index contributed by atoms with van der Waals surface area (Å²) in [6, 6.07) is 6.72. The Morgan fingerprint density at radius 3 is 2.52 bits per heavy atom. The number of ether oxygens (including phenoxy) is 1. The van der Waals surface area contributed by atoms with E-state index in [4.69, 9.17) is 4.74 Å². The summed E-state index contributed by atoms with van der Waals surface area (Å²) in [7, 11) is 1.45. The number of carbonyl (C=O) groups excluding carboxylic acids is 2. The van der Waals surface area contributed by atoms with Gasteiger partial charge in [-0.05, 0) is 12.0 Å². The Bertz CT molecular complexity index is 796. The molecule has 0 bridgehead atoms. The first kappa shape index (κ1) is 16.7. The summed E-state index contributed by atoms with van der Waals surface area (Å²) in [4.78, 5) is 35.9. The van der Waals surface area contributed by atoms with Crippen molar-refractivity contribution in [1.82, 2.24) is 15.1 Å². The Labute approximate surface area is 133 Å². The van der Waals surface area contributed by atoms with Crippen molar-refractivity contribution in [2.45, 2.75) is 20.4 Å². The van der Waals surface area contributed by atoms with Gasteiger partial charge in [0.25, 0.3) is 11.5 Å². The first-order valence-electron chi connectivity index (χ1n) is 7.31. The lowest BCUT2D eigenvalue weighted by Crippen LogP contribution is -2.29. The molecule has 1 N–H and O–H groups in total. The van der Waals surface area contributed by atoms with E-state index in [1.165, 1.54) is 11.7 Å². The smallest absolute Gasteiger partial charge is 0.359 e.